The summed E-state index contributed by atoms with van der Waals surface area (Å²) in [4.78, 5) is 20.8. The number of amidine groups is 1. The van der Waals surface area contributed by atoms with Crippen molar-refractivity contribution in [3.05, 3.63) is 75.0 Å². The van der Waals surface area contributed by atoms with E-state index in [9.17, 15) is 4.79 Å². The van der Waals surface area contributed by atoms with Gasteiger partial charge in [0.15, 0.2) is 28.2 Å². The lowest BCUT2D eigenvalue weighted by Gasteiger charge is -2.39. The molecule has 9 heteroatoms. The lowest BCUT2D eigenvalue weighted by molar-refractivity contribution is -0.137. The number of nitrogens with zero attached hydrogens (tertiary/aromatic N) is 2. The largest absolute Gasteiger partial charge is 0.493 e. The predicted octanol–water partition coefficient (Wildman–Crippen LogP) is 6.50. The average Bonchev–Trinajstić information content (AvgIpc) is 3.31. The molecule has 0 radical (unpaired) electrons. The summed E-state index contributed by atoms with van der Waals surface area (Å²) in [5, 5.41) is 0.763. The first-order valence-corrected chi connectivity index (χ1v) is 14.1. The molecule has 210 valence electrons. The monoisotopic (exact) mass is 562 g/mol. The van der Waals surface area contributed by atoms with Crippen molar-refractivity contribution in [2.75, 3.05) is 35.0 Å². The summed E-state index contributed by atoms with van der Waals surface area (Å²) in [5.74, 6) is 2.36. The van der Waals surface area contributed by atoms with Gasteiger partial charge in [-0.15, -0.1) is 0 Å². The summed E-state index contributed by atoms with van der Waals surface area (Å²) in [7, 11) is 6.54. The number of carbonyl (C=O) groups excluding carboxylic acids is 1. The van der Waals surface area contributed by atoms with Crippen LogP contribution in [0.3, 0.4) is 0 Å². The molecule has 2 aliphatic heterocycles. The number of rotatable bonds is 8. The van der Waals surface area contributed by atoms with Crippen LogP contribution in [0.5, 0.6) is 23.0 Å². The topological polar surface area (TPSA) is 78.8 Å². The Morgan fingerprint density at radius 1 is 0.975 bits per heavy atom. The lowest BCUT2D eigenvalue weighted by atomic mass is 9.83. The number of ether oxygens (including phenoxy) is 5. The highest BCUT2D eigenvalue weighted by atomic mass is 32.2. The predicted molar refractivity (Wildman–Crippen MR) is 157 cm³/mol. The minimum atomic E-state index is -0.327. The molecule has 0 amide bonds. The zero-order valence-corrected chi connectivity index (χ0v) is 24.5. The van der Waals surface area contributed by atoms with Gasteiger partial charge < -0.3 is 28.6 Å². The summed E-state index contributed by atoms with van der Waals surface area (Å²) in [6.45, 7) is 4.09. The second-order valence-corrected chi connectivity index (χ2v) is 10.5. The zero-order chi connectivity index (χ0) is 28.4. The van der Waals surface area contributed by atoms with E-state index in [0.29, 0.717) is 34.5 Å². The van der Waals surface area contributed by atoms with E-state index in [-0.39, 0.29) is 12.0 Å². The molecule has 1 aliphatic carbocycles. The third kappa shape index (κ3) is 4.94. The van der Waals surface area contributed by atoms with Crippen LogP contribution in [0.2, 0.25) is 0 Å². The van der Waals surface area contributed by atoms with Crippen molar-refractivity contribution in [3.63, 3.8) is 0 Å². The summed E-state index contributed by atoms with van der Waals surface area (Å²) in [5.41, 5.74) is 6.21. The molecule has 0 saturated heterocycles. The molecule has 1 unspecified atom stereocenters. The molecule has 0 N–H and O–H groups in total. The number of carbonyl (C=O) groups is 1. The van der Waals surface area contributed by atoms with Crippen molar-refractivity contribution < 1.29 is 28.5 Å². The van der Waals surface area contributed by atoms with Crippen LogP contribution >= 0.6 is 11.8 Å². The van der Waals surface area contributed by atoms with Crippen molar-refractivity contribution in [1.82, 2.24) is 4.90 Å². The van der Waals surface area contributed by atoms with Gasteiger partial charge in [-0.25, -0.2) is 9.79 Å². The van der Waals surface area contributed by atoms with Crippen molar-refractivity contribution in [1.29, 1.82) is 0 Å². The molecule has 0 spiro atoms. The Hall–Kier alpha value is -3.85. The maximum absolute atomic E-state index is 12.9. The molecule has 0 aromatic heterocycles. The Morgan fingerprint density at radius 2 is 1.65 bits per heavy atom. The van der Waals surface area contributed by atoms with Gasteiger partial charge in [0.1, 0.15) is 4.91 Å². The number of hydrogen-bond donors (Lipinski definition) is 0. The number of benzene rings is 2. The highest BCUT2D eigenvalue weighted by Gasteiger charge is 2.43. The maximum atomic E-state index is 12.9. The minimum absolute atomic E-state index is 0.157. The van der Waals surface area contributed by atoms with Gasteiger partial charge in [-0.1, -0.05) is 12.1 Å². The first-order chi connectivity index (χ1) is 19.4. The fourth-order valence-electron chi connectivity index (χ4n) is 5.47. The maximum Gasteiger partial charge on any atom is 0.346 e. The Labute approximate surface area is 239 Å². The van der Waals surface area contributed by atoms with Crippen LogP contribution in [0.1, 0.15) is 50.3 Å². The second-order valence-electron chi connectivity index (χ2n) is 9.53. The number of methoxy groups -OCH3 is 4. The van der Waals surface area contributed by atoms with Crippen molar-refractivity contribution >= 4 is 29.0 Å². The molecule has 3 aliphatic rings. The van der Waals surface area contributed by atoms with Gasteiger partial charge >= 0.3 is 5.97 Å². The fourth-order valence-corrected chi connectivity index (χ4v) is 6.51. The number of aliphatic imine (C=N–C) groups is 1. The van der Waals surface area contributed by atoms with E-state index in [0.717, 1.165) is 52.5 Å². The average molecular weight is 563 g/mol. The normalized spacial score (nSPS) is 19.2. The van der Waals surface area contributed by atoms with Gasteiger partial charge in [0.2, 0.25) is 0 Å². The number of thioether (sulfide) groups is 1. The molecule has 2 aromatic rings. The van der Waals surface area contributed by atoms with Gasteiger partial charge in [-0.05, 0) is 97.5 Å². The Bertz CT molecular complexity index is 1460. The van der Waals surface area contributed by atoms with Crippen LogP contribution in [-0.4, -0.2) is 51.1 Å². The smallest absolute Gasteiger partial charge is 0.346 e. The summed E-state index contributed by atoms with van der Waals surface area (Å²) in [6, 6.07) is 11.8. The minimum Gasteiger partial charge on any atom is -0.493 e. The molecule has 0 bridgehead atoms. The molecule has 1 atom stereocenters. The van der Waals surface area contributed by atoms with Crippen molar-refractivity contribution in [3.8, 4) is 23.0 Å². The van der Waals surface area contributed by atoms with E-state index in [2.05, 4.69) is 17.0 Å². The molecule has 5 rings (SSSR count). The van der Waals surface area contributed by atoms with Gasteiger partial charge in [-0.2, -0.15) is 0 Å². The van der Waals surface area contributed by atoms with Crippen LogP contribution in [-0.2, 0) is 9.53 Å². The fraction of sp³-hybridized carbons (Fsp3) is 0.355. The van der Waals surface area contributed by atoms with Crippen LogP contribution < -0.4 is 18.9 Å². The van der Waals surface area contributed by atoms with Crippen LogP contribution in [0, 0.1) is 0 Å². The van der Waals surface area contributed by atoms with E-state index in [1.165, 1.54) is 17.3 Å². The number of allylic oxidation sites excluding steroid dienone is 2. The van der Waals surface area contributed by atoms with E-state index in [4.69, 9.17) is 28.7 Å². The summed E-state index contributed by atoms with van der Waals surface area (Å²) < 4.78 is 27.5. The standard InChI is InChI=1S/C31H34N2O6S/c1-7-39-30(34)29-18(2)33-28(21-12-14-24(36-4)26(17-21)38-6)22-10-8-9-20(27(22)32-31(33)40-29)15-19-11-13-23(35-3)25(16-19)37-5/h11-17,28H,7-10H2,1-6H3/b20-15+. The van der Waals surface area contributed by atoms with E-state index in [1.54, 1.807) is 28.4 Å². The van der Waals surface area contributed by atoms with E-state index in [1.807, 2.05) is 44.2 Å². The van der Waals surface area contributed by atoms with Gasteiger partial charge in [-0.3, -0.25) is 0 Å². The molecule has 0 fully saturated rings. The molecule has 2 heterocycles. The second kappa shape index (κ2) is 11.7. The van der Waals surface area contributed by atoms with Gasteiger partial charge in [0.25, 0.3) is 0 Å². The highest BCUT2D eigenvalue weighted by molar-refractivity contribution is 8.18. The Balaban J connectivity index is 1.66. The van der Waals surface area contributed by atoms with Gasteiger partial charge in [0.05, 0.1) is 46.8 Å². The SMILES string of the molecule is CCOC(=O)C1=C(C)N2C(=NC3=C(CCC/C3=C\c3ccc(OC)c(OC)c3)C2c2ccc(OC)c(OC)c2)S1. The molecular weight excluding hydrogens is 528 g/mol. The van der Waals surface area contributed by atoms with Gasteiger partial charge in [0, 0.05) is 5.70 Å². The van der Waals surface area contributed by atoms with E-state index >= 15 is 0 Å². The summed E-state index contributed by atoms with van der Waals surface area (Å²) in [6.07, 6.45) is 4.94. The first-order valence-electron chi connectivity index (χ1n) is 13.3. The molecule has 0 saturated carbocycles. The number of hydrogen-bond acceptors (Lipinski definition) is 9. The number of fused-ring (bicyclic) bond motifs is 1. The van der Waals surface area contributed by atoms with Crippen molar-refractivity contribution in [2.45, 2.75) is 39.2 Å². The van der Waals surface area contributed by atoms with Crippen LogP contribution in [0.25, 0.3) is 6.08 Å². The summed E-state index contributed by atoms with van der Waals surface area (Å²) >= 11 is 1.37. The third-order valence-corrected chi connectivity index (χ3v) is 8.46. The molecule has 8 nitrogen and oxygen atoms in total. The zero-order valence-electron chi connectivity index (χ0n) is 23.7. The Kier molecular flexibility index (Phi) is 8.12. The molecule has 2 aromatic carbocycles. The third-order valence-electron chi connectivity index (χ3n) is 7.32. The lowest BCUT2D eigenvalue weighted by Crippen LogP contribution is -2.34. The number of esters is 1. The Morgan fingerprint density at radius 3 is 2.33 bits per heavy atom. The highest BCUT2D eigenvalue weighted by Crippen LogP contribution is 2.52. The van der Waals surface area contributed by atoms with E-state index < -0.39 is 0 Å². The van der Waals surface area contributed by atoms with Crippen molar-refractivity contribution in [2.24, 2.45) is 4.99 Å². The quantitative estimate of drug-likeness (QED) is 0.338. The van der Waals surface area contributed by atoms with Crippen LogP contribution in [0.15, 0.2) is 68.8 Å². The molecular formula is C31H34N2O6S. The van der Waals surface area contributed by atoms with Crippen LogP contribution in [0.4, 0.5) is 0 Å². The molecule has 40 heavy (non-hydrogen) atoms. The first kappa shape index (κ1) is 27.7.